The lowest BCUT2D eigenvalue weighted by Crippen LogP contribution is -2.42. The molecule has 1 rings (SSSR count). The van der Waals surface area contributed by atoms with E-state index in [0.29, 0.717) is 13.0 Å². The van der Waals surface area contributed by atoms with Gasteiger partial charge in [-0.15, -0.1) is 0 Å². The molecule has 20 heavy (non-hydrogen) atoms. The minimum absolute atomic E-state index is 0.0389. The summed E-state index contributed by atoms with van der Waals surface area (Å²) in [5.74, 6) is -0.440. The number of methoxy groups -OCH3 is 1. The molecule has 0 aromatic carbocycles. The van der Waals surface area contributed by atoms with E-state index in [1.807, 2.05) is 20.8 Å². The Hall–Kier alpha value is -1.41. The molecule has 0 aliphatic carbocycles. The van der Waals surface area contributed by atoms with E-state index in [0.717, 1.165) is 0 Å². The van der Waals surface area contributed by atoms with Crippen LogP contribution in [0.4, 0.5) is 0 Å². The summed E-state index contributed by atoms with van der Waals surface area (Å²) < 4.78 is 32.9. The largest absolute Gasteiger partial charge is 0.468 e. The minimum Gasteiger partial charge on any atom is -0.468 e. The molecule has 1 aromatic heterocycles. The monoisotopic (exact) mass is 303 g/mol. The Morgan fingerprint density at radius 2 is 2.15 bits per heavy atom. The topological polar surface area (TPSA) is 90.3 Å². The molecule has 0 fully saturated rings. The predicted molar refractivity (Wildman–Crippen MR) is 73.5 cm³/mol. The van der Waals surface area contributed by atoms with E-state index in [1.54, 1.807) is 0 Å². The lowest BCUT2D eigenvalue weighted by Gasteiger charge is -2.17. The van der Waals surface area contributed by atoms with Crippen LogP contribution in [0.5, 0.6) is 0 Å². The fraction of sp³-hybridized carbons (Fsp3) is 0.667. The zero-order chi connectivity index (χ0) is 15.3. The van der Waals surface area contributed by atoms with Crippen LogP contribution < -0.4 is 4.72 Å². The van der Waals surface area contributed by atoms with Crippen LogP contribution in [-0.4, -0.2) is 37.3 Å². The van der Waals surface area contributed by atoms with Crippen LogP contribution in [0.1, 0.15) is 27.2 Å². The number of carbonyl (C=O) groups is 1. The van der Waals surface area contributed by atoms with Crippen LogP contribution in [0.2, 0.25) is 0 Å². The zero-order valence-corrected chi connectivity index (χ0v) is 13.0. The van der Waals surface area contributed by atoms with E-state index < -0.39 is 22.0 Å². The molecule has 0 bridgehead atoms. The van der Waals surface area contributed by atoms with Gasteiger partial charge in [0.15, 0.2) is 0 Å². The molecular formula is C12H21N3O4S. The minimum atomic E-state index is -3.78. The molecule has 0 aliphatic rings. The van der Waals surface area contributed by atoms with Gasteiger partial charge in [-0.1, -0.05) is 13.8 Å². The normalized spacial score (nSPS) is 13.4. The van der Waals surface area contributed by atoms with Gasteiger partial charge in [0.1, 0.15) is 10.9 Å². The van der Waals surface area contributed by atoms with Crippen molar-refractivity contribution in [3.8, 4) is 0 Å². The second-order valence-electron chi connectivity index (χ2n) is 4.86. The summed E-state index contributed by atoms with van der Waals surface area (Å²) in [6.07, 6.45) is 3.05. The number of ether oxygens (including phenoxy) is 1. The quantitative estimate of drug-likeness (QED) is 0.751. The van der Waals surface area contributed by atoms with Crippen molar-refractivity contribution in [1.82, 2.24) is 14.5 Å². The Morgan fingerprint density at radius 3 is 2.60 bits per heavy atom. The van der Waals surface area contributed by atoms with Crippen molar-refractivity contribution >= 4 is 16.0 Å². The third-order valence-electron chi connectivity index (χ3n) is 2.73. The lowest BCUT2D eigenvalue weighted by atomic mass is 10.1. The number of aromatic nitrogens is 2. The molecule has 7 nitrogen and oxygen atoms in total. The molecule has 8 heteroatoms. The van der Waals surface area contributed by atoms with Gasteiger partial charge in [0, 0.05) is 12.7 Å². The van der Waals surface area contributed by atoms with Gasteiger partial charge in [-0.3, -0.25) is 9.48 Å². The Labute approximate surface area is 119 Å². The van der Waals surface area contributed by atoms with Gasteiger partial charge in [-0.05, 0) is 19.3 Å². The molecular weight excluding hydrogens is 282 g/mol. The summed E-state index contributed by atoms with van der Waals surface area (Å²) in [4.78, 5) is 11.7. The van der Waals surface area contributed by atoms with E-state index in [-0.39, 0.29) is 10.8 Å². The number of aryl methyl sites for hydroxylation is 1. The van der Waals surface area contributed by atoms with Crippen LogP contribution in [0.3, 0.4) is 0 Å². The average molecular weight is 303 g/mol. The van der Waals surface area contributed by atoms with E-state index in [4.69, 9.17) is 0 Å². The summed E-state index contributed by atoms with van der Waals surface area (Å²) in [7, 11) is -2.55. The maximum absolute atomic E-state index is 12.2. The molecule has 0 radical (unpaired) electrons. The third kappa shape index (κ3) is 4.31. The van der Waals surface area contributed by atoms with E-state index >= 15 is 0 Å². The zero-order valence-electron chi connectivity index (χ0n) is 12.2. The molecule has 0 aliphatic heterocycles. The van der Waals surface area contributed by atoms with Crippen LogP contribution in [0.25, 0.3) is 0 Å². The first kappa shape index (κ1) is 16.6. The molecule has 0 spiro atoms. The van der Waals surface area contributed by atoms with Crippen molar-refractivity contribution in [3.63, 3.8) is 0 Å². The van der Waals surface area contributed by atoms with Crippen LogP contribution in [0, 0.1) is 5.92 Å². The fourth-order valence-corrected chi connectivity index (χ4v) is 2.87. The standard InChI is InChI=1S/C12H21N3O4S/c1-5-15-8-10(7-13-15)20(17,18)14-11(6-9(2)3)12(16)19-4/h7-9,11,14H,5-6H2,1-4H3. The number of nitrogens with zero attached hydrogens (tertiary/aromatic N) is 2. The third-order valence-corrected chi connectivity index (χ3v) is 4.16. The Kier molecular flexibility index (Phi) is 5.70. The first-order valence-electron chi connectivity index (χ1n) is 6.42. The summed E-state index contributed by atoms with van der Waals surface area (Å²) in [5.41, 5.74) is 0. The molecule has 114 valence electrons. The van der Waals surface area contributed by atoms with Gasteiger partial charge in [0.05, 0.1) is 13.3 Å². The molecule has 0 saturated carbocycles. The molecule has 1 N–H and O–H groups in total. The van der Waals surface area contributed by atoms with E-state index in [2.05, 4.69) is 14.6 Å². The summed E-state index contributed by atoms with van der Waals surface area (Å²) in [6.45, 7) is 6.23. The van der Waals surface area contributed by atoms with E-state index in [9.17, 15) is 13.2 Å². The van der Waals surface area contributed by atoms with Gasteiger partial charge in [-0.25, -0.2) is 8.42 Å². The Bertz CT molecular complexity index is 551. The van der Waals surface area contributed by atoms with Crippen LogP contribution in [-0.2, 0) is 26.1 Å². The second-order valence-corrected chi connectivity index (χ2v) is 6.57. The van der Waals surface area contributed by atoms with Crippen LogP contribution >= 0.6 is 0 Å². The van der Waals surface area contributed by atoms with Gasteiger partial charge < -0.3 is 4.74 Å². The summed E-state index contributed by atoms with van der Waals surface area (Å²) in [5, 5.41) is 3.92. The molecule has 0 saturated heterocycles. The van der Waals surface area contributed by atoms with Crippen molar-refractivity contribution in [2.45, 2.75) is 44.7 Å². The second kappa shape index (κ2) is 6.85. The molecule has 1 aromatic rings. The average Bonchev–Trinajstić information content (AvgIpc) is 2.85. The van der Waals surface area contributed by atoms with Gasteiger partial charge >= 0.3 is 5.97 Å². The van der Waals surface area contributed by atoms with Crippen molar-refractivity contribution < 1.29 is 17.9 Å². The van der Waals surface area contributed by atoms with Gasteiger partial charge in [0.2, 0.25) is 10.0 Å². The number of carbonyl (C=O) groups excluding carboxylic acids is 1. The summed E-state index contributed by atoms with van der Waals surface area (Å²) in [6, 6.07) is -0.894. The van der Waals surface area contributed by atoms with Gasteiger partial charge in [-0.2, -0.15) is 9.82 Å². The maximum Gasteiger partial charge on any atom is 0.323 e. The highest BCUT2D eigenvalue weighted by Gasteiger charge is 2.27. The molecule has 0 amide bonds. The highest BCUT2D eigenvalue weighted by atomic mass is 32.2. The smallest absolute Gasteiger partial charge is 0.323 e. The first-order chi connectivity index (χ1) is 9.30. The van der Waals surface area contributed by atoms with Crippen molar-refractivity contribution in [2.75, 3.05) is 7.11 Å². The van der Waals surface area contributed by atoms with Crippen molar-refractivity contribution in [2.24, 2.45) is 5.92 Å². The number of nitrogens with one attached hydrogen (secondary N) is 1. The Morgan fingerprint density at radius 1 is 1.50 bits per heavy atom. The lowest BCUT2D eigenvalue weighted by molar-refractivity contribution is -0.143. The molecule has 1 atom stereocenters. The molecule has 1 heterocycles. The van der Waals surface area contributed by atoms with Crippen molar-refractivity contribution in [1.29, 1.82) is 0 Å². The van der Waals surface area contributed by atoms with Gasteiger partial charge in [0.25, 0.3) is 0 Å². The number of hydrogen-bond acceptors (Lipinski definition) is 5. The van der Waals surface area contributed by atoms with Crippen LogP contribution in [0.15, 0.2) is 17.3 Å². The highest BCUT2D eigenvalue weighted by molar-refractivity contribution is 7.89. The first-order valence-corrected chi connectivity index (χ1v) is 7.91. The van der Waals surface area contributed by atoms with Crippen molar-refractivity contribution in [3.05, 3.63) is 12.4 Å². The Balaban J connectivity index is 2.93. The summed E-state index contributed by atoms with van der Waals surface area (Å²) >= 11 is 0. The number of esters is 1. The van der Waals surface area contributed by atoms with E-state index in [1.165, 1.54) is 24.2 Å². The number of sulfonamides is 1. The molecule has 1 unspecified atom stereocenters. The number of hydrogen-bond donors (Lipinski definition) is 1. The highest BCUT2D eigenvalue weighted by Crippen LogP contribution is 2.12. The predicted octanol–water partition coefficient (Wildman–Crippen LogP) is 0.769. The fourth-order valence-electron chi connectivity index (χ4n) is 1.72. The number of rotatable bonds is 7. The maximum atomic E-state index is 12.2. The SMILES string of the molecule is CCn1cc(S(=O)(=O)NC(CC(C)C)C(=O)OC)cn1.